The number of nitrogens with zero attached hydrogens (tertiary/aromatic N) is 1. The maximum absolute atomic E-state index is 12.2. The Morgan fingerprint density at radius 1 is 1.38 bits per heavy atom. The fraction of sp³-hybridized carbons (Fsp3) is 0.632. The second-order valence-electron chi connectivity index (χ2n) is 8.51. The summed E-state index contributed by atoms with van der Waals surface area (Å²) in [6.45, 7) is 10.0. The highest BCUT2D eigenvalue weighted by Crippen LogP contribution is 2.44. The molecule has 2 aliphatic rings. The summed E-state index contributed by atoms with van der Waals surface area (Å²) < 4.78 is 5.08. The Bertz CT molecular complexity index is 804. The number of anilines is 1. The van der Waals surface area contributed by atoms with Crippen LogP contribution in [0.25, 0.3) is 0 Å². The zero-order valence-electron chi connectivity index (χ0n) is 15.9. The van der Waals surface area contributed by atoms with E-state index in [4.69, 9.17) is 4.74 Å². The molecule has 1 aliphatic heterocycles. The van der Waals surface area contributed by atoms with Gasteiger partial charge in [0.15, 0.2) is 6.61 Å². The Labute approximate surface area is 157 Å². The number of nitrogens with one attached hydrogen (secondary N) is 2. The lowest BCUT2D eigenvalue weighted by Crippen LogP contribution is -2.54. The molecule has 0 spiro atoms. The van der Waals surface area contributed by atoms with Crippen molar-refractivity contribution in [2.45, 2.75) is 58.5 Å². The van der Waals surface area contributed by atoms with Gasteiger partial charge in [0.25, 0.3) is 5.91 Å². The SMILES string of the molecule is C[C@H]1C[C@H]1C(=O)OCC(=O)Nc1sc2c(c1C#N)CC(C)(C)NC2(C)C. The van der Waals surface area contributed by atoms with Crippen LogP contribution in [0.15, 0.2) is 0 Å². The molecule has 0 unspecified atom stereocenters. The van der Waals surface area contributed by atoms with E-state index in [0.717, 1.165) is 23.3 Å². The van der Waals surface area contributed by atoms with Crippen LogP contribution in [-0.2, 0) is 26.3 Å². The molecule has 2 heterocycles. The van der Waals surface area contributed by atoms with Crippen LogP contribution in [0, 0.1) is 23.2 Å². The van der Waals surface area contributed by atoms with Gasteiger partial charge in [0.05, 0.1) is 11.5 Å². The van der Waals surface area contributed by atoms with Gasteiger partial charge in [-0.05, 0) is 52.0 Å². The number of nitriles is 1. The van der Waals surface area contributed by atoms with Crippen LogP contribution in [0.2, 0.25) is 0 Å². The normalized spacial score (nSPS) is 24.9. The molecule has 1 saturated carbocycles. The largest absolute Gasteiger partial charge is 0.455 e. The van der Waals surface area contributed by atoms with Crippen LogP contribution in [0.1, 0.15) is 57.0 Å². The first-order valence-corrected chi connectivity index (χ1v) is 9.68. The van der Waals surface area contributed by atoms with E-state index >= 15 is 0 Å². The van der Waals surface area contributed by atoms with Gasteiger partial charge in [0.2, 0.25) is 0 Å². The number of amides is 1. The summed E-state index contributed by atoms with van der Waals surface area (Å²) in [5.74, 6) is -0.448. The number of hydrogen-bond donors (Lipinski definition) is 2. The molecule has 1 aliphatic carbocycles. The number of fused-ring (bicyclic) bond motifs is 1. The monoisotopic (exact) mass is 375 g/mol. The van der Waals surface area contributed by atoms with Crippen molar-refractivity contribution in [2.75, 3.05) is 11.9 Å². The van der Waals surface area contributed by atoms with Crippen LogP contribution < -0.4 is 10.6 Å². The average molecular weight is 375 g/mol. The third kappa shape index (κ3) is 3.62. The van der Waals surface area contributed by atoms with Crippen molar-refractivity contribution in [3.8, 4) is 6.07 Å². The summed E-state index contributed by atoms with van der Waals surface area (Å²) in [6.07, 6.45) is 1.55. The van der Waals surface area contributed by atoms with E-state index in [9.17, 15) is 14.9 Å². The fourth-order valence-electron chi connectivity index (χ4n) is 3.79. The van der Waals surface area contributed by atoms with E-state index in [-0.39, 0.29) is 29.6 Å². The van der Waals surface area contributed by atoms with Gasteiger partial charge in [0.1, 0.15) is 11.1 Å². The number of carbonyl (C=O) groups is 2. The first kappa shape index (κ1) is 18.9. The van der Waals surface area contributed by atoms with Crippen molar-refractivity contribution >= 4 is 28.2 Å². The zero-order chi connectivity index (χ0) is 19.3. The summed E-state index contributed by atoms with van der Waals surface area (Å²) in [6, 6.07) is 2.24. The lowest BCUT2D eigenvalue weighted by molar-refractivity contribution is -0.148. The minimum atomic E-state index is -0.410. The van der Waals surface area contributed by atoms with Crippen LogP contribution in [0.3, 0.4) is 0 Å². The summed E-state index contributed by atoms with van der Waals surface area (Å²) in [5, 5.41) is 16.5. The highest BCUT2D eigenvalue weighted by Gasteiger charge is 2.41. The summed E-state index contributed by atoms with van der Waals surface area (Å²) in [5.41, 5.74) is 1.08. The first-order valence-electron chi connectivity index (χ1n) is 8.86. The summed E-state index contributed by atoms with van der Waals surface area (Å²) in [7, 11) is 0. The lowest BCUT2D eigenvalue weighted by Gasteiger charge is -2.42. The van der Waals surface area contributed by atoms with Gasteiger partial charge in [-0.2, -0.15) is 5.26 Å². The predicted molar refractivity (Wildman–Crippen MR) is 99.8 cm³/mol. The number of esters is 1. The van der Waals surface area contributed by atoms with Crippen molar-refractivity contribution in [1.29, 1.82) is 5.26 Å². The molecule has 2 atom stereocenters. The van der Waals surface area contributed by atoms with Crippen molar-refractivity contribution in [1.82, 2.24) is 5.32 Å². The molecule has 7 heteroatoms. The number of hydrogen-bond acceptors (Lipinski definition) is 6. The fourth-order valence-corrected chi connectivity index (χ4v) is 5.03. The van der Waals surface area contributed by atoms with Gasteiger partial charge in [-0.15, -0.1) is 11.3 Å². The second-order valence-corrected chi connectivity index (χ2v) is 9.53. The molecule has 2 N–H and O–H groups in total. The molecular weight excluding hydrogens is 350 g/mol. The van der Waals surface area contributed by atoms with Crippen LogP contribution >= 0.6 is 11.3 Å². The Morgan fingerprint density at radius 3 is 2.62 bits per heavy atom. The molecular formula is C19H25N3O3S. The van der Waals surface area contributed by atoms with Crippen molar-refractivity contribution < 1.29 is 14.3 Å². The van der Waals surface area contributed by atoms with Crippen LogP contribution in [0.5, 0.6) is 0 Å². The maximum Gasteiger partial charge on any atom is 0.309 e. The molecule has 1 aromatic heterocycles. The van der Waals surface area contributed by atoms with Crippen molar-refractivity contribution in [2.24, 2.45) is 11.8 Å². The number of carbonyl (C=O) groups excluding carboxylic acids is 2. The van der Waals surface area contributed by atoms with Crippen molar-refractivity contribution in [3.63, 3.8) is 0 Å². The molecule has 1 aromatic rings. The minimum Gasteiger partial charge on any atom is -0.455 e. The van der Waals surface area contributed by atoms with E-state index in [1.807, 2.05) is 6.92 Å². The average Bonchev–Trinajstić information content (AvgIpc) is 3.14. The summed E-state index contributed by atoms with van der Waals surface area (Å²) in [4.78, 5) is 25.0. The number of thiophene rings is 1. The number of ether oxygens (including phenoxy) is 1. The zero-order valence-corrected chi connectivity index (χ0v) is 16.7. The Morgan fingerprint density at radius 2 is 2.04 bits per heavy atom. The highest BCUT2D eigenvalue weighted by atomic mass is 32.1. The summed E-state index contributed by atoms with van der Waals surface area (Å²) >= 11 is 1.42. The first-order chi connectivity index (χ1) is 12.0. The topological polar surface area (TPSA) is 91.2 Å². The Kier molecular flexibility index (Phi) is 4.62. The highest BCUT2D eigenvalue weighted by molar-refractivity contribution is 7.17. The number of rotatable bonds is 4. The standard InChI is InChI=1S/C19H25N3O3S/c1-10-6-11(10)17(24)25-9-14(23)21-16-13(8-20)12-7-18(2,3)22-19(4,5)15(12)26-16/h10-11,22H,6-7,9H2,1-5H3,(H,21,23)/t10-,11+/m0/s1. The third-order valence-electron chi connectivity index (χ3n) is 4.97. The molecule has 0 saturated heterocycles. The Hall–Kier alpha value is -1.91. The second kappa shape index (κ2) is 6.36. The van der Waals surface area contributed by atoms with Gasteiger partial charge in [-0.3, -0.25) is 9.59 Å². The van der Waals surface area contributed by atoms with Gasteiger partial charge >= 0.3 is 5.97 Å². The van der Waals surface area contributed by atoms with E-state index in [1.54, 1.807) is 0 Å². The maximum atomic E-state index is 12.2. The predicted octanol–water partition coefficient (Wildman–Crippen LogP) is 2.92. The van der Waals surface area contributed by atoms with Crippen molar-refractivity contribution in [3.05, 3.63) is 16.0 Å². The molecule has 0 aromatic carbocycles. The van der Waals surface area contributed by atoms with E-state index in [0.29, 0.717) is 16.5 Å². The minimum absolute atomic E-state index is 0.0689. The molecule has 0 radical (unpaired) electrons. The third-order valence-corrected chi connectivity index (χ3v) is 6.44. The van der Waals surface area contributed by atoms with Gasteiger partial charge < -0.3 is 15.4 Å². The molecule has 6 nitrogen and oxygen atoms in total. The van der Waals surface area contributed by atoms with Gasteiger partial charge in [-0.25, -0.2) is 0 Å². The molecule has 140 valence electrons. The van der Waals surface area contributed by atoms with Gasteiger partial charge in [-0.1, -0.05) is 6.92 Å². The van der Waals surface area contributed by atoms with E-state index in [2.05, 4.69) is 44.4 Å². The molecule has 1 amide bonds. The van der Waals surface area contributed by atoms with Crippen LogP contribution in [-0.4, -0.2) is 24.0 Å². The smallest absolute Gasteiger partial charge is 0.309 e. The van der Waals surface area contributed by atoms with E-state index in [1.165, 1.54) is 11.3 Å². The molecule has 26 heavy (non-hydrogen) atoms. The Balaban J connectivity index is 1.75. The molecule has 1 fully saturated rings. The van der Waals surface area contributed by atoms with Crippen LogP contribution in [0.4, 0.5) is 5.00 Å². The quantitative estimate of drug-likeness (QED) is 0.790. The van der Waals surface area contributed by atoms with E-state index < -0.39 is 5.91 Å². The van der Waals surface area contributed by atoms with Gasteiger partial charge in [0, 0.05) is 16.0 Å². The molecule has 0 bridgehead atoms. The lowest BCUT2D eigenvalue weighted by atomic mass is 9.81. The molecule has 3 rings (SSSR count).